The minimum atomic E-state index is -3.19. The van der Waals surface area contributed by atoms with Gasteiger partial charge in [-0.25, -0.2) is 12.7 Å². The summed E-state index contributed by atoms with van der Waals surface area (Å²) in [4.78, 5) is 0. The minimum absolute atomic E-state index is 0.166. The highest BCUT2D eigenvalue weighted by molar-refractivity contribution is 7.89. The number of hydrogen-bond acceptors (Lipinski definition) is 4. The van der Waals surface area contributed by atoms with Crippen LogP contribution in [-0.4, -0.2) is 55.5 Å². The van der Waals surface area contributed by atoms with E-state index in [1.54, 1.807) is 4.31 Å². The van der Waals surface area contributed by atoms with Crippen molar-refractivity contribution in [1.82, 2.24) is 4.31 Å². The maximum atomic E-state index is 12.5. The van der Waals surface area contributed by atoms with E-state index in [1.165, 1.54) is 0 Å². The van der Waals surface area contributed by atoms with E-state index in [0.29, 0.717) is 45.1 Å². The Hall–Kier alpha value is -0.170. The fourth-order valence-corrected chi connectivity index (χ4v) is 5.58. The summed E-state index contributed by atoms with van der Waals surface area (Å²) < 4.78 is 31.9. The fraction of sp³-hybridized carbons (Fsp3) is 1.00. The van der Waals surface area contributed by atoms with Crippen LogP contribution < -0.4 is 0 Å². The molecule has 0 bridgehead atoms. The van der Waals surface area contributed by atoms with E-state index in [-0.39, 0.29) is 17.3 Å². The van der Waals surface area contributed by atoms with Gasteiger partial charge in [0.05, 0.1) is 11.4 Å². The number of aliphatic hydroxyl groups is 1. The Balaban J connectivity index is 1.71. The van der Waals surface area contributed by atoms with Crippen molar-refractivity contribution in [2.75, 3.05) is 26.3 Å². The van der Waals surface area contributed by atoms with E-state index >= 15 is 0 Å². The Morgan fingerprint density at radius 1 is 1.06 bits per heavy atom. The van der Waals surface area contributed by atoms with Crippen molar-refractivity contribution < 1.29 is 18.3 Å². The molecule has 0 spiro atoms. The minimum Gasteiger partial charge on any atom is -0.393 e. The number of rotatable bonds is 2. The molecule has 104 valence electrons. The van der Waals surface area contributed by atoms with Gasteiger partial charge in [-0.3, -0.25) is 0 Å². The molecule has 0 amide bonds. The van der Waals surface area contributed by atoms with Gasteiger partial charge < -0.3 is 9.84 Å². The molecule has 3 unspecified atom stereocenters. The number of fused-ring (bicyclic) bond motifs is 1. The summed E-state index contributed by atoms with van der Waals surface area (Å²) in [6.45, 7) is 2.23. The molecule has 3 atom stereocenters. The van der Waals surface area contributed by atoms with Crippen LogP contribution in [0.2, 0.25) is 0 Å². The maximum Gasteiger partial charge on any atom is 0.217 e. The molecule has 0 radical (unpaired) electrons. The van der Waals surface area contributed by atoms with Gasteiger partial charge in [0.1, 0.15) is 0 Å². The summed E-state index contributed by atoms with van der Waals surface area (Å²) in [5.41, 5.74) is 0. The van der Waals surface area contributed by atoms with Gasteiger partial charge >= 0.3 is 0 Å². The predicted octanol–water partition coefficient (Wildman–Crippen LogP) is 0.198. The molecule has 0 aromatic carbocycles. The molecule has 1 aliphatic carbocycles. The zero-order chi connectivity index (χ0) is 12.8. The van der Waals surface area contributed by atoms with Crippen molar-refractivity contribution in [1.29, 1.82) is 0 Å². The molecule has 2 aliphatic heterocycles. The van der Waals surface area contributed by atoms with Crippen LogP contribution in [0, 0.1) is 11.8 Å². The second kappa shape index (κ2) is 4.74. The lowest BCUT2D eigenvalue weighted by Crippen LogP contribution is -2.41. The van der Waals surface area contributed by atoms with Crippen LogP contribution in [0.1, 0.15) is 25.7 Å². The SMILES string of the molecule is O=S(=O)(C1CCOCC1)N1CC2CCC(O)C2C1. The van der Waals surface area contributed by atoms with E-state index in [1.807, 2.05) is 0 Å². The summed E-state index contributed by atoms with van der Waals surface area (Å²) >= 11 is 0. The Kier molecular flexibility index (Phi) is 3.38. The molecule has 3 aliphatic rings. The first-order chi connectivity index (χ1) is 8.59. The molecule has 3 fully saturated rings. The van der Waals surface area contributed by atoms with Gasteiger partial charge in [-0.15, -0.1) is 0 Å². The second-order valence-corrected chi connectivity index (χ2v) is 7.96. The molecule has 2 heterocycles. The van der Waals surface area contributed by atoms with Crippen molar-refractivity contribution in [3.8, 4) is 0 Å². The summed E-state index contributed by atoms with van der Waals surface area (Å²) in [6, 6.07) is 0. The lowest BCUT2D eigenvalue weighted by atomic mass is 10.00. The normalized spacial score (nSPS) is 39.1. The monoisotopic (exact) mass is 275 g/mol. The molecular formula is C12H21NO4S. The lowest BCUT2D eigenvalue weighted by Gasteiger charge is -2.27. The average Bonchev–Trinajstić information content (AvgIpc) is 2.94. The highest BCUT2D eigenvalue weighted by Crippen LogP contribution is 2.40. The first-order valence-electron chi connectivity index (χ1n) is 6.84. The van der Waals surface area contributed by atoms with Gasteiger partial charge in [0.15, 0.2) is 0 Å². The quantitative estimate of drug-likeness (QED) is 0.781. The average molecular weight is 275 g/mol. The zero-order valence-corrected chi connectivity index (χ0v) is 11.3. The molecular weight excluding hydrogens is 254 g/mol. The van der Waals surface area contributed by atoms with Crippen molar-refractivity contribution in [3.63, 3.8) is 0 Å². The lowest BCUT2D eigenvalue weighted by molar-refractivity contribution is 0.0970. The standard InChI is InChI=1S/C12H21NO4S/c14-12-2-1-9-7-13(8-11(9)12)18(15,16)10-3-5-17-6-4-10/h9-12,14H,1-8H2. The van der Waals surface area contributed by atoms with Crippen molar-refractivity contribution >= 4 is 10.0 Å². The van der Waals surface area contributed by atoms with Gasteiger partial charge in [0.25, 0.3) is 0 Å². The number of nitrogens with zero attached hydrogens (tertiary/aromatic N) is 1. The first-order valence-corrected chi connectivity index (χ1v) is 8.34. The second-order valence-electron chi connectivity index (χ2n) is 5.74. The van der Waals surface area contributed by atoms with E-state index in [9.17, 15) is 13.5 Å². The van der Waals surface area contributed by atoms with Crippen LogP contribution in [0.15, 0.2) is 0 Å². The molecule has 18 heavy (non-hydrogen) atoms. The largest absolute Gasteiger partial charge is 0.393 e. The number of hydrogen-bond donors (Lipinski definition) is 1. The highest BCUT2D eigenvalue weighted by atomic mass is 32.2. The first kappa shape index (κ1) is 12.8. The van der Waals surface area contributed by atoms with Crippen LogP contribution >= 0.6 is 0 Å². The summed E-state index contributed by atoms with van der Waals surface area (Å²) in [5.74, 6) is 0.536. The fourth-order valence-electron chi connectivity index (χ4n) is 3.59. The topological polar surface area (TPSA) is 66.8 Å². The van der Waals surface area contributed by atoms with Crippen molar-refractivity contribution in [2.24, 2.45) is 11.8 Å². The molecule has 3 rings (SSSR count). The Morgan fingerprint density at radius 2 is 1.78 bits per heavy atom. The smallest absolute Gasteiger partial charge is 0.217 e. The summed E-state index contributed by atoms with van der Waals surface area (Å²) in [6.07, 6.45) is 2.71. The van der Waals surface area contributed by atoms with Crippen LogP contribution in [0.5, 0.6) is 0 Å². The molecule has 2 saturated heterocycles. The molecule has 0 aromatic rings. The van der Waals surface area contributed by atoms with E-state index in [4.69, 9.17) is 4.74 Å². The molecule has 0 aromatic heterocycles. The number of aliphatic hydroxyl groups excluding tert-OH is 1. The molecule has 6 heteroatoms. The third-order valence-electron chi connectivity index (χ3n) is 4.73. The third kappa shape index (κ3) is 2.09. The van der Waals surface area contributed by atoms with Crippen LogP contribution in [-0.2, 0) is 14.8 Å². The number of ether oxygens (including phenoxy) is 1. The van der Waals surface area contributed by atoms with E-state index in [0.717, 1.165) is 12.8 Å². The van der Waals surface area contributed by atoms with Gasteiger partial charge in [0, 0.05) is 32.2 Å². The summed E-state index contributed by atoms with van der Waals surface area (Å²) in [5, 5.41) is 9.58. The summed E-state index contributed by atoms with van der Waals surface area (Å²) in [7, 11) is -3.19. The van der Waals surface area contributed by atoms with Crippen molar-refractivity contribution in [2.45, 2.75) is 37.0 Å². The molecule has 1 N–H and O–H groups in total. The zero-order valence-electron chi connectivity index (χ0n) is 10.5. The van der Waals surface area contributed by atoms with E-state index in [2.05, 4.69) is 0 Å². The Bertz CT molecular complexity index is 404. The van der Waals surface area contributed by atoms with Gasteiger partial charge in [-0.1, -0.05) is 0 Å². The van der Waals surface area contributed by atoms with Gasteiger partial charge in [0.2, 0.25) is 10.0 Å². The predicted molar refractivity (Wildman–Crippen MR) is 66.6 cm³/mol. The van der Waals surface area contributed by atoms with Crippen molar-refractivity contribution in [3.05, 3.63) is 0 Å². The van der Waals surface area contributed by atoms with Gasteiger partial charge in [-0.05, 0) is 31.6 Å². The Labute approximate surface area is 108 Å². The maximum absolute atomic E-state index is 12.5. The van der Waals surface area contributed by atoms with E-state index < -0.39 is 10.0 Å². The van der Waals surface area contributed by atoms with Crippen LogP contribution in [0.4, 0.5) is 0 Å². The molecule has 1 saturated carbocycles. The van der Waals surface area contributed by atoms with Crippen LogP contribution in [0.25, 0.3) is 0 Å². The highest BCUT2D eigenvalue weighted by Gasteiger charge is 2.47. The number of sulfonamides is 1. The third-order valence-corrected chi connectivity index (χ3v) is 7.07. The van der Waals surface area contributed by atoms with Gasteiger partial charge in [-0.2, -0.15) is 0 Å². The van der Waals surface area contributed by atoms with Crippen LogP contribution in [0.3, 0.4) is 0 Å². The Morgan fingerprint density at radius 3 is 2.44 bits per heavy atom. The molecule has 5 nitrogen and oxygen atoms in total.